The number of benzene rings is 9. The molecule has 10 aromatic rings. The summed E-state index contributed by atoms with van der Waals surface area (Å²) < 4.78 is 2.59. The van der Waals surface area contributed by atoms with Crippen molar-refractivity contribution in [2.45, 2.75) is 0 Å². The number of fused-ring (bicyclic) bond motifs is 4. The molecular weight excluding hydrogens is 685 g/mol. The molecular formula is C52H36N2S. The summed E-state index contributed by atoms with van der Waals surface area (Å²) in [6, 6.07) is 78.7. The molecule has 2 nitrogen and oxygen atoms in total. The fourth-order valence-corrected chi connectivity index (χ4v) is 9.08. The number of para-hydroxylation sites is 2. The summed E-state index contributed by atoms with van der Waals surface area (Å²) in [5, 5.41) is 5.00. The average Bonchev–Trinajstić information content (AvgIpc) is 3.65. The largest absolute Gasteiger partial charge is 0.310 e. The van der Waals surface area contributed by atoms with Gasteiger partial charge >= 0.3 is 0 Å². The first-order valence-electron chi connectivity index (χ1n) is 18.7. The summed E-state index contributed by atoms with van der Waals surface area (Å²) in [6.07, 6.45) is 0. The van der Waals surface area contributed by atoms with Crippen LogP contribution in [-0.4, -0.2) is 0 Å². The van der Waals surface area contributed by atoms with Gasteiger partial charge in [0.15, 0.2) is 0 Å². The van der Waals surface area contributed by atoms with E-state index < -0.39 is 0 Å². The average molecular weight is 721 g/mol. The zero-order valence-electron chi connectivity index (χ0n) is 30.1. The van der Waals surface area contributed by atoms with E-state index in [1.54, 1.807) is 0 Å². The number of thiophene rings is 1. The summed E-state index contributed by atoms with van der Waals surface area (Å²) in [5.41, 5.74) is 11.6. The van der Waals surface area contributed by atoms with Gasteiger partial charge in [-0.05, 0) is 94.4 Å². The third-order valence-corrected chi connectivity index (χ3v) is 11.7. The minimum absolute atomic E-state index is 1.11. The third-order valence-electron chi connectivity index (χ3n) is 10.5. The van der Waals surface area contributed by atoms with E-state index in [2.05, 4.69) is 228 Å². The van der Waals surface area contributed by atoms with E-state index in [0.717, 1.165) is 28.4 Å². The number of nitrogens with zero attached hydrogens (tertiary/aromatic N) is 2. The first-order chi connectivity index (χ1) is 27.3. The van der Waals surface area contributed by atoms with Gasteiger partial charge in [-0.2, -0.15) is 0 Å². The highest BCUT2D eigenvalue weighted by atomic mass is 32.1. The Labute approximate surface area is 325 Å². The lowest BCUT2D eigenvalue weighted by Gasteiger charge is -2.28. The highest BCUT2D eigenvalue weighted by Gasteiger charge is 2.20. The Morgan fingerprint density at radius 3 is 1.40 bits per heavy atom. The van der Waals surface area contributed by atoms with Gasteiger partial charge in [-0.3, -0.25) is 0 Å². The number of hydrogen-bond donors (Lipinski definition) is 0. The van der Waals surface area contributed by atoms with Crippen molar-refractivity contribution in [3.63, 3.8) is 0 Å². The van der Waals surface area contributed by atoms with Gasteiger partial charge in [-0.15, -0.1) is 11.3 Å². The van der Waals surface area contributed by atoms with E-state index in [9.17, 15) is 0 Å². The lowest BCUT2D eigenvalue weighted by Crippen LogP contribution is -2.10. The Bertz CT molecular complexity index is 2900. The van der Waals surface area contributed by atoms with Crippen molar-refractivity contribution in [1.82, 2.24) is 0 Å². The molecule has 0 aliphatic carbocycles. The summed E-state index contributed by atoms with van der Waals surface area (Å²) in [6.45, 7) is 0. The second kappa shape index (κ2) is 14.1. The SMILES string of the molecule is c1ccc(-c2ccc(N(c3ccccc3)c3ccc(-c4ccc(N(c5ccccc5)c5cccc6c5sc5ccccc56)cc4)c4ccccc34)cc2)cc1. The van der Waals surface area contributed by atoms with E-state index in [1.807, 2.05) is 11.3 Å². The number of rotatable bonds is 8. The molecule has 0 saturated carbocycles. The second-order valence-electron chi connectivity index (χ2n) is 13.7. The lowest BCUT2D eigenvalue weighted by molar-refractivity contribution is 1.30. The van der Waals surface area contributed by atoms with Crippen LogP contribution in [0, 0.1) is 0 Å². The first kappa shape index (κ1) is 32.7. The van der Waals surface area contributed by atoms with Crippen LogP contribution in [-0.2, 0) is 0 Å². The maximum Gasteiger partial charge on any atom is 0.0640 e. The molecule has 260 valence electrons. The fourth-order valence-electron chi connectivity index (χ4n) is 7.87. The van der Waals surface area contributed by atoms with Crippen LogP contribution in [0.25, 0.3) is 53.2 Å². The van der Waals surface area contributed by atoms with Gasteiger partial charge in [0.1, 0.15) is 0 Å². The monoisotopic (exact) mass is 720 g/mol. The maximum atomic E-state index is 2.39. The molecule has 0 spiro atoms. The Morgan fingerprint density at radius 1 is 0.273 bits per heavy atom. The van der Waals surface area contributed by atoms with E-state index in [1.165, 1.54) is 58.9 Å². The van der Waals surface area contributed by atoms with Crippen LogP contribution in [0.1, 0.15) is 0 Å². The van der Waals surface area contributed by atoms with Crippen molar-refractivity contribution in [2.24, 2.45) is 0 Å². The van der Waals surface area contributed by atoms with Gasteiger partial charge in [0.05, 0.1) is 16.1 Å². The standard InChI is InChI=1S/C52H36N2S/c1-4-15-37(16-5-1)38-27-31-42(32-28-38)53(40-17-6-2-7-18-40)49-36-35-44(45-21-10-11-22-46(45)49)39-29-33-43(34-30-39)54(41-19-8-3-9-20-41)50-25-14-24-48-47-23-12-13-26-51(47)55-52(48)50/h1-36H. The molecule has 0 atom stereocenters. The highest BCUT2D eigenvalue weighted by molar-refractivity contribution is 7.26. The molecule has 0 aliphatic heterocycles. The topological polar surface area (TPSA) is 6.48 Å². The fraction of sp³-hybridized carbons (Fsp3) is 0. The van der Waals surface area contributed by atoms with Crippen molar-refractivity contribution < 1.29 is 0 Å². The zero-order chi connectivity index (χ0) is 36.6. The van der Waals surface area contributed by atoms with Gasteiger partial charge in [-0.1, -0.05) is 152 Å². The van der Waals surface area contributed by atoms with Gasteiger partial charge in [0, 0.05) is 43.6 Å². The molecule has 0 aliphatic rings. The van der Waals surface area contributed by atoms with Crippen LogP contribution < -0.4 is 9.80 Å². The Kier molecular flexibility index (Phi) is 8.40. The summed E-state index contributed by atoms with van der Waals surface area (Å²) in [7, 11) is 0. The Hall–Kier alpha value is -6.94. The van der Waals surface area contributed by atoms with Crippen molar-refractivity contribution in [2.75, 3.05) is 9.80 Å². The van der Waals surface area contributed by atoms with Crippen LogP contribution in [0.3, 0.4) is 0 Å². The van der Waals surface area contributed by atoms with Crippen molar-refractivity contribution in [3.05, 3.63) is 218 Å². The highest BCUT2D eigenvalue weighted by Crippen LogP contribution is 2.46. The van der Waals surface area contributed by atoms with Crippen molar-refractivity contribution >= 4 is 76.4 Å². The number of hydrogen-bond acceptors (Lipinski definition) is 3. The van der Waals surface area contributed by atoms with Gasteiger partial charge in [-0.25, -0.2) is 0 Å². The van der Waals surface area contributed by atoms with Gasteiger partial charge in [0.25, 0.3) is 0 Å². The molecule has 0 fully saturated rings. The third kappa shape index (κ3) is 6.01. The number of anilines is 6. The normalized spacial score (nSPS) is 11.3. The zero-order valence-corrected chi connectivity index (χ0v) is 30.9. The van der Waals surface area contributed by atoms with E-state index in [-0.39, 0.29) is 0 Å². The molecule has 0 amide bonds. The summed E-state index contributed by atoms with van der Waals surface area (Å²) >= 11 is 1.86. The van der Waals surface area contributed by atoms with Crippen LogP contribution in [0.5, 0.6) is 0 Å². The molecule has 10 rings (SSSR count). The van der Waals surface area contributed by atoms with Gasteiger partial charge in [0.2, 0.25) is 0 Å². The lowest BCUT2D eigenvalue weighted by atomic mass is 9.96. The van der Waals surface area contributed by atoms with Crippen LogP contribution >= 0.6 is 11.3 Å². The minimum atomic E-state index is 1.11. The molecule has 1 heterocycles. The molecule has 1 aromatic heterocycles. The van der Waals surface area contributed by atoms with Crippen molar-refractivity contribution in [3.8, 4) is 22.3 Å². The Balaban J connectivity index is 1.06. The summed E-state index contributed by atoms with van der Waals surface area (Å²) in [4.78, 5) is 4.76. The molecule has 3 heteroatoms. The molecule has 0 saturated heterocycles. The predicted octanol–water partition coefficient (Wildman–Crippen LogP) is 15.5. The van der Waals surface area contributed by atoms with E-state index >= 15 is 0 Å². The quantitative estimate of drug-likeness (QED) is 0.154. The summed E-state index contributed by atoms with van der Waals surface area (Å²) in [5.74, 6) is 0. The second-order valence-corrected chi connectivity index (χ2v) is 14.8. The van der Waals surface area contributed by atoms with E-state index in [4.69, 9.17) is 0 Å². The smallest absolute Gasteiger partial charge is 0.0640 e. The molecule has 0 radical (unpaired) electrons. The van der Waals surface area contributed by atoms with Gasteiger partial charge < -0.3 is 9.80 Å². The first-order valence-corrected chi connectivity index (χ1v) is 19.5. The van der Waals surface area contributed by atoms with Crippen LogP contribution in [0.2, 0.25) is 0 Å². The van der Waals surface area contributed by atoms with Crippen LogP contribution in [0.4, 0.5) is 34.1 Å². The molecule has 0 unspecified atom stereocenters. The molecule has 0 bridgehead atoms. The molecule has 9 aromatic carbocycles. The molecule has 55 heavy (non-hydrogen) atoms. The molecule has 0 N–H and O–H groups in total. The minimum Gasteiger partial charge on any atom is -0.310 e. The van der Waals surface area contributed by atoms with Crippen LogP contribution in [0.15, 0.2) is 218 Å². The maximum absolute atomic E-state index is 2.39. The Morgan fingerprint density at radius 2 is 0.745 bits per heavy atom. The van der Waals surface area contributed by atoms with E-state index in [0.29, 0.717) is 0 Å². The van der Waals surface area contributed by atoms with Crippen molar-refractivity contribution in [1.29, 1.82) is 0 Å². The predicted molar refractivity (Wildman–Crippen MR) is 237 cm³/mol.